The molecule has 0 bridgehead atoms. The molecule has 0 spiro atoms. The minimum Gasteiger partial charge on any atom is -0.477 e. The van der Waals surface area contributed by atoms with E-state index in [1.54, 1.807) is 30.3 Å². The molecular weight excluding hydrogens is 260 g/mol. The van der Waals surface area contributed by atoms with E-state index in [4.69, 9.17) is 5.11 Å². The van der Waals surface area contributed by atoms with E-state index in [0.717, 1.165) is 11.8 Å². The fourth-order valence-corrected chi connectivity index (χ4v) is 5.04. The first-order valence-electron chi connectivity index (χ1n) is 4.91. The van der Waals surface area contributed by atoms with Gasteiger partial charge in [-0.1, -0.05) is 30.3 Å². The summed E-state index contributed by atoms with van der Waals surface area (Å²) in [4.78, 5) is 10.9. The normalized spacial score (nSPS) is 19.1. The van der Waals surface area contributed by atoms with Crippen LogP contribution >= 0.6 is 11.8 Å². The van der Waals surface area contributed by atoms with Crippen molar-refractivity contribution in [1.29, 1.82) is 0 Å². The van der Waals surface area contributed by atoms with E-state index in [2.05, 4.69) is 0 Å². The van der Waals surface area contributed by atoms with E-state index in [1.165, 1.54) is 0 Å². The van der Waals surface area contributed by atoms with Gasteiger partial charge >= 0.3 is 5.97 Å². The van der Waals surface area contributed by atoms with Gasteiger partial charge in [-0.2, -0.15) is 0 Å². The maximum Gasteiger partial charge on any atom is 0.343 e. The third-order valence-electron chi connectivity index (χ3n) is 2.35. The lowest BCUT2D eigenvalue weighted by Gasteiger charge is -2.17. The average molecular weight is 270 g/mol. The molecule has 17 heavy (non-hydrogen) atoms. The summed E-state index contributed by atoms with van der Waals surface area (Å²) < 4.78 is 23.9. The van der Waals surface area contributed by atoms with Crippen LogP contribution in [-0.4, -0.2) is 31.0 Å². The van der Waals surface area contributed by atoms with Crippen LogP contribution in [0.4, 0.5) is 0 Å². The van der Waals surface area contributed by atoms with E-state index in [0.29, 0.717) is 11.3 Å². The van der Waals surface area contributed by atoms with Gasteiger partial charge in [-0.05, 0) is 5.56 Å². The van der Waals surface area contributed by atoms with Crippen LogP contribution in [0.2, 0.25) is 0 Å². The largest absolute Gasteiger partial charge is 0.477 e. The summed E-state index contributed by atoms with van der Waals surface area (Å²) in [6.07, 6.45) is 0. The van der Waals surface area contributed by atoms with Gasteiger partial charge in [-0.25, -0.2) is 13.2 Å². The van der Waals surface area contributed by atoms with Crippen LogP contribution in [0, 0.1) is 0 Å². The first-order valence-corrected chi connectivity index (χ1v) is 7.55. The highest BCUT2D eigenvalue weighted by atomic mass is 32.2. The van der Waals surface area contributed by atoms with Gasteiger partial charge in [0.25, 0.3) is 0 Å². The summed E-state index contributed by atoms with van der Waals surface area (Å²) in [7, 11) is -3.49. The number of benzene rings is 1. The molecule has 1 aromatic carbocycles. The number of carboxylic acid groups (broad SMARTS) is 1. The van der Waals surface area contributed by atoms with Crippen molar-refractivity contribution < 1.29 is 18.3 Å². The summed E-state index contributed by atoms with van der Waals surface area (Å²) in [5, 5.41) is 9.06. The lowest BCUT2D eigenvalue weighted by atomic mass is 10.2. The van der Waals surface area contributed by atoms with Gasteiger partial charge in [0.1, 0.15) is 4.91 Å². The fraction of sp³-hybridized carbons (Fsp3) is 0.182. The lowest BCUT2D eigenvalue weighted by Crippen LogP contribution is -2.19. The SMILES string of the molecule is O=C(O)C1=C(c2ccccc2)S(=O)(=O)CCS1. The molecule has 0 saturated carbocycles. The van der Waals surface area contributed by atoms with Crippen molar-refractivity contribution in [3.63, 3.8) is 0 Å². The highest BCUT2D eigenvalue weighted by Gasteiger charge is 2.31. The Kier molecular flexibility index (Phi) is 3.26. The van der Waals surface area contributed by atoms with E-state index in [9.17, 15) is 13.2 Å². The molecule has 1 aliphatic heterocycles. The second kappa shape index (κ2) is 4.54. The topological polar surface area (TPSA) is 71.4 Å². The summed E-state index contributed by atoms with van der Waals surface area (Å²) in [5.74, 6) is -0.906. The molecule has 1 heterocycles. The molecule has 1 aliphatic rings. The van der Waals surface area contributed by atoms with Crippen molar-refractivity contribution in [2.75, 3.05) is 11.5 Å². The summed E-state index contributed by atoms with van der Waals surface area (Å²) in [6, 6.07) is 8.36. The van der Waals surface area contributed by atoms with Gasteiger partial charge in [-0.15, -0.1) is 11.8 Å². The van der Waals surface area contributed by atoms with Gasteiger partial charge in [0.2, 0.25) is 0 Å². The minimum absolute atomic E-state index is 0.0152. The molecule has 2 rings (SSSR count). The zero-order chi connectivity index (χ0) is 12.5. The third kappa shape index (κ3) is 2.37. The van der Waals surface area contributed by atoms with Crippen LogP contribution in [0.15, 0.2) is 35.2 Å². The van der Waals surface area contributed by atoms with Crippen LogP contribution in [-0.2, 0) is 14.6 Å². The monoisotopic (exact) mass is 270 g/mol. The molecule has 0 saturated heterocycles. The van der Waals surface area contributed by atoms with Crippen LogP contribution in [0.3, 0.4) is 0 Å². The molecule has 4 nitrogen and oxygen atoms in total. The van der Waals surface area contributed by atoms with Gasteiger partial charge in [-0.3, -0.25) is 0 Å². The number of aliphatic carboxylic acids is 1. The highest BCUT2D eigenvalue weighted by Crippen LogP contribution is 2.36. The predicted octanol–water partition coefficient (Wildman–Crippen LogP) is 1.60. The Balaban J connectivity index is 2.70. The van der Waals surface area contributed by atoms with Gasteiger partial charge in [0.05, 0.1) is 10.7 Å². The predicted molar refractivity (Wildman–Crippen MR) is 67.2 cm³/mol. The van der Waals surface area contributed by atoms with Crippen LogP contribution in [0.1, 0.15) is 5.56 Å². The first-order chi connectivity index (χ1) is 8.02. The van der Waals surface area contributed by atoms with Crippen molar-refractivity contribution in [2.24, 2.45) is 0 Å². The van der Waals surface area contributed by atoms with Crippen molar-refractivity contribution in [3.8, 4) is 0 Å². The second-order valence-corrected chi connectivity index (χ2v) is 6.65. The molecule has 1 aromatic rings. The maximum absolute atomic E-state index is 12.0. The van der Waals surface area contributed by atoms with Crippen LogP contribution < -0.4 is 0 Å². The molecule has 6 heteroatoms. The quantitative estimate of drug-likeness (QED) is 0.883. The molecule has 90 valence electrons. The Morgan fingerprint density at radius 1 is 1.24 bits per heavy atom. The molecule has 0 amide bonds. The van der Waals surface area contributed by atoms with Crippen molar-refractivity contribution in [3.05, 3.63) is 40.8 Å². The zero-order valence-corrected chi connectivity index (χ0v) is 10.4. The standard InChI is InChI=1S/C11H10O4S2/c12-11(13)9-10(8-4-2-1-3-5-8)17(14,15)7-6-16-9/h1-5H,6-7H2,(H,12,13). The molecule has 0 atom stereocenters. The number of hydrogen-bond donors (Lipinski definition) is 1. The van der Waals surface area contributed by atoms with E-state index >= 15 is 0 Å². The molecule has 0 unspecified atom stereocenters. The number of rotatable bonds is 2. The van der Waals surface area contributed by atoms with Gasteiger partial charge < -0.3 is 5.11 Å². The van der Waals surface area contributed by atoms with Crippen LogP contribution in [0.5, 0.6) is 0 Å². The summed E-state index contributed by atoms with van der Waals surface area (Å²) >= 11 is 1.08. The Hall–Kier alpha value is -1.27. The number of thioether (sulfide) groups is 1. The Morgan fingerprint density at radius 2 is 1.88 bits per heavy atom. The minimum atomic E-state index is -3.49. The third-order valence-corrected chi connectivity index (χ3v) is 5.61. The Bertz CT molecular complexity index is 573. The molecule has 0 aliphatic carbocycles. The average Bonchev–Trinajstić information content (AvgIpc) is 2.28. The lowest BCUT2D eigenvalue weighted by molar-refractivity contribution is -0.131. The van der Waals surface area contributed by atoms with Crippen molar-refractivity contribution in [1.82, 2.24) is 0 Å². The van der Waals surface area contributed by atoms with Crippen LogP contribution in [0.25, 0.3) is 4.91 Å². The molecule has 0 aromatic heterocycles. The second-order valence-electron chi connectivity index (χ2n) is 3.50. The molecular formula is C11H10O4S2. The van der Waals surface area contributed by atoms with E-state index < -0.39 is 15.8 Å². The number of hydrogen-bond acceptors (Lipinski definition) is 4. The van der Waals surface area contributed by atoms with Crippen molar-refractivity contribution in [2.45, 2.75) is 0 Å². The Labute approximate surface area is 103 Å². The molecule has 0 radical (unpaired) electrons. The zero-order valence-electron chi connectivity index (χ0n) is 8.79. The first kappa shape index (κ1) is 12.2. The smallest absolute Gasteiger partial charge is 0.343 e. The van der Waals surface area contributed by atoms with Gasteiger partial charge in [0.15, 0.2) is 9.84 Å². The number of sulfone groups is 1. The maximum atomic E-state index is 12.0. The van der Waals surface area contributed by atoms with E-state index in [1.807, 2.05) is 0 Å². The number of carbonyl (C=O) groups is 1. The summed E-state index contributed by atoms with van der Waals surface area (Å²) in [5.41, 5.74) is 0.442. The fourth-order valence-electron chi connectivity index (χ4n) is 1.62. The Morgan fingerprint density at radius 3 is 2.47 bits per heavy atom. The van der Waals surface area contributed by atoms with Crippen molar-refractivity contribution >= 4 is 32.5 Å². The molecule has 0 fully saturated rings. The molecule has 1 N–H and O–H groups in total. The number of carboxylic acids is 1. The summed E-state index contributed by atoms with van der Waals surface area (Å²) in [6.45, 7) is 0. The highest BCUT2D eigenvalue weighted by molar-refractivity contribution is 8.10. The van der Waals surface area contributed by atoms with E-state index in [-0.39, 0.29) is 15.6 Å². The van der Waals surface area contributed by atoms with Gasteiger partial charge in [0, 0.05) is 5.75 Å².